The fraction of sp³-hybridized carbons (Fsp3) is 0.250. The minimum atomic E-state index is -0.347. The molecule has 25 heavy (non-hydrogen) atoms. The summed E-state index contributed by atoms with van der Waals surface area (Å²) < 4.78 is 19.7. The van der Waals surface area contributed by atoms with Crippen LogP contribution in [0.5, 0.6) is 5.75 Å². The molecule has 1 aliphatic rings. The van der Waals surface area contributed by atoms with E-state index in [9.17, 15) is 9.18 Å². The number of amides is 1. The molecule has 1 saturated carbocycles. The van der Waals surface area contributed by atoms with Crippen molar-refractivity contribution in [2.75, 3.05) is 7.11 Å². The Kier molecular flexibility index (Phi) is 5.53. The van der Waals surface area contributed by atoms with Crippen LogP contribution >= 0.6 is 15.9 Å². The molecule has 0 N–H and O–H groups in total. The SMILES string of the molecule is COc1ccc(CN(C(=O)C=Cc2cc(Br)ccc2F)C2CC2)cc1. The molecule has 1 fully saturated rings. The van der Waals surface area contributed by atoms with E-state index in [1.54, 1.807) is 19.2 Å². The highest BCUT2D eigenvalue weighted by atomic mass is 79.9. The van der Waals surface area contributed by atoms with Crippen LogP contribution in [0.3, 0.4) is 0 Å². The van der Waals surface area contributed by atoms with Crippen LogP contribution in [0.1, 0.15) is 24.0 Å². The van der Waals surface area contributed by atoms with Crippen molar-refractivity contribution >= 4 is 27.9 Å². The number of nitrogens with zero attached hydrogens (tertiary/aromatic N) is 1. The van der Waals surface area contributed by atoms with Crippen LogP contribution in [-0.2, 0) is 11.3 Å². The maximum absolute atomic E-state index is 13.8. The molecule has 3 rings (SSSR count). The van der Waals surface area contributed by atoms with E-state index in [2.05, 4.69) is 15.9 Å². The Balaban J connectivity index is 1.72. The number of hydrogen-bond donors (Lipinski definition) is 0. The monoisotopic (exact) mass is 403 g/mol. The number of benzene rings is 2. The van der Waals surface area contributed by atoms with Crippen LogP contribution in [0.2, 0.25) is 0 Å². The summed E-state index contributed by atoms with van der Waals surface area (Å²) in [7, 11) is 1.63. The zero-order valence-corrected chi connectivity index (χ0v) is 15.5. The maximum atomic E-state index is 13.8. The summed E-state index contributed by atoms with van der Waals surface area (Å²) in [4.78, 5) is 14.4. The third-order valence-electron chi connectivity index (χ3n) is 4.15. The molecule has 2 aromatic rings. The first-order valence-electron chi connectivity index (χ1n) is 8.13. The normalized spacial score (nSPS) is 13.9. The first kappa shape index (κ1) is 17.7. The number of hydrogen-bond acceptors (Lipinski definition) is 2. The molecule has 2 aromatic carbocycles. The Morgan fingerprint density at radius 3 is 2.64 bits per heavy atom. The lowest BCUT2D eigenvalue weighted by Gasteiger charge is -2.21. The van der Waals surface area contributed by atoms with Gasteiger partial charge in [-0.25, -0.2) is 4.39 Å². The summed E-state index contributed by atoms with van der Waals surface area (Å²) in [5, 5.41) is 0. The predicted molar refractivity (Wildman–Crippen MR) is 99.7 cm³/mol. The lowest BCUT2D eigenvalue weighted by molar-refractivity contribution is -0.127. The molecule has 0 atom stereocenters. The number of halogens is 2. The van der Waals surface area contributed by atoms with Gasteiger partial charge in [0.15, 0.2) is 0 Å². The average Bonchev–Trinajstić information content (AvgIpc) is 3.45. The molecule has 1 amide bonds. The van der Waals surface area contributed by atoms with Crippen molar-refractivity contribution in [1.29, 1.82) is 0 Å². The van der Waals surface area contributed by atoms with E-state index >= 15 is 0 Å². The van der Waals surface area contributed by atoms with E-state index in [1.807, 2.05) is 29.2 Å². The van der Waals surface area contributed by atoms with E-state index in [4.69, 9.17) is 4.74 Å². The van der Waals surface area contributed by atoms with Crippen molar-refractivity contribution in [3.63, 3.8) is 0 Å². The predicted octanol–water partition coefficient (Wildman–Crippen LogP) is 4.80. The molecule has 3 nitrogen and oxygen atoms in total. The van der Waals surface area contributed by atoms with Gasteiger partial charge >= 0.3 is 0 Å². The zero-order chi connectivity index (χ0) is 17.8. The third kappa shape index (κ3) is 4.69. The van der Waals surface area contributed by atoms with Gasteiger partial charge in [-0.05, 0) is 54.8 Å². The summed E-state index contributed by atoms with van der Waals surface area (Å²) in [6, 6.07) is 12.6. The van der Waals surface area contributed by atoms with E-state index in [0.717, 1.165) is 28.6 Å². The third-order valence-corrected chi connectivity index (χ3v) is 4.64. The fourth-order valence-electron chi connectivity index (χ4n) is 2.60. The van der Waals surface area contributed by atoms with Crippen molar-refractivity contribution in [3.05, 3.63) is 70.0 Å². The quantitative estimate of drug-likeness (QED) is 0.648. The smallest absolute Gasteiger partial charge is 0.247 e. The maximum Gasteiger partial charge on any atom is 0.247 e. The van der Waals surface area contributed by atoms with E-state index in [0.29, 0.717) is 12.1 Å². The van der Waals surface area contributed by atoms with Crippen molar-refractivity contribution < 1.29 is 13.9 Å². The van der Waals surface area contributed by atoms with Gasteiger partial charge in [0, 0.05) is 28.7 Å². The van der Waals surface area contributed by atoms with Gasteiger partial charge in [0.05, 0.1) is 7.11 Å². The number of carbonyl (C=O) groups is 1. The van der Waals surface area contributed by atoms with Crippen LogP contribution in [0.25, 0.3) is 6.08 Å². The van der Waals surface area contributed by atoms with E-state index < -0.39 is 0 Å². The molecular weight excluding hydrogens is 385 g/mol. The van der Waals surface area contributed by atoms with Gasteiger partial charge in [0.1, 0.15) is 11.6 Å². The average molecular weight is 404 g/mol. The van der Waals surface area contributed by atoms with Crippen molar-refractivity contribution in [3.8, 4) is 5.75 Å². The van der Waals surface area contributed by atoms with Gasteiger partial charge in [-0.2, -0.15) is 0 Å². The molecule has 0 unspecified atom stereocenters. The Bertz CT molecular complexity index is 785. The summed E-state index contributed by atoms with van der Waals surface area (Å²) >= 11 is 3.32. The van der Waals surface area contributed by atoms with E-state index in [-0.39, 0.29) is 17.8 Å². The largest absolute Gasteiger partial charge is 0.497 e. The van der Waals surface area contributed by atoms with Crippen LogP contribution in [0, 0.1) is 5.82 Å². The minimum absolute atomic E-state index is 0.0994. The van der Waals surface area contributed by atoms with Gasteiger partial charge in [0.25, 0.3) is 0 Å². The molecule has 0 saturated heterocycles. The Hall–Kier alpha value is -2.14. The highest BCUT2D eigenvalue weighted by Crippen LogP contribution is 2.29. The molecule has 0 aliphatic heterocycles. The Morgan fingerprint density at radius 1 is 1.28 bits per heavy atom. The van der Waals surface area contributed by atoms with Gasteiger partial charge in [-0.3, -0.25) is 4.79 Å². The van der Waals surface area contributed by atoms with Crippen LogP contribution in [-0.4, -0.2) is 24.0 Å². The summed E-state index contributed by atoms with van der Waals surface area (Å²) in [6.07, 6.45) is 5.01. The highest BCUT2D eigenvalue weighted by Gasteiger charge is 2.31. The molecular formula is C20H19BrFNO2. The standard InChI is InChI=1S/C20H19BrFNO2/c1-25-18-8-2-14(3-9-18)13-23(17-6-7-17)20(24)11-4-15-12-16(21)5-10-19(15)22/h2-5,8-12,17H,6-7,13H2,1H3. The molecule has 0 spiro atoms. The van der Waals surface area contributed by atoms with Crippen molar-refractivity contribution in [2.24, 2.45) is 0 Å². The molecule has 0 bridgehead atoms. The molecule has 130 valence electrons. The summed E-state index contributed by atoms with van der Waals surface area (Å²) in [5.74, 6) is 0.344. The Morgan fingerprint density at radius 2 is 2.00 bits per heavy atom. The first-order chi connectivity index (χ1) is 12.1. The van der Waals surface area contributed by atoms with Crippen LogP contribution < -0.4 is 4.74 Å². The van der Waals surface area contributed by atoms with Crippen molar-refractivity contribution in [1.82, 2.24) is 4.90 Å². The zero-order valence-electron chi connectivity index (χ0n) is 13.9. The first-order valence-corrected chi connectivity index (χ1v) is 8.93. The number of methoxy groups -OCH3 is 1. The topological polar surface area (TPSA) is 29.5 Å². The minimum Gasteiger partial charge on any atom is -0.497 e. The summed E-state index contributed by atoms with van der Waals surface area (Å²) in [5.41, 5.74) is 1.44. The van der Waals surface area contributed by atoms with Gasteiger partial charge in [0.2, 0.25) is 5.91 Å². The number of rotatable bonds is 6. The molecule has 0 radical (unpaired) electrons. The van der Waals surface area contributed by atoms with Gasteiger partial charge in [-0.15, -0.1) is 0 Å². The Labute approximate surface area is 155 Å². The second-order valence-corrected chi connectivity index (χ2v) is 6.96. The van der Waals surface area contributed by atoms with E-state index in [1.165, 1.54) is 18.2 Å². The molecule has 5 heteroatoms. The second-order valence-electron chi connectivity index (χ2n) is 6.04. The van der Waals surface area contributed by atoms with Gasteiger partial charge < -0.3 is 9.64 Å². The van der Waals surface area contributed by atoms with Gasteiger partial charge in [-0.1, -0.05) is 28.1 Å². The number of carbonyl (C=O) groups excluding carboxylic acids is 1. The molecule has 0 aromatic heterocycles. The van der Waals surface area contributed by atoms with Crippen LogP contribution in [0.4, 0.5) is 4.39 Å². The summed E-state index contributed by atoms with van der Waals surface area (Å²) in [6.45, 7) is 0.540. The fourth-order valence-corrected chi connectivity index (χ4v) is 2.98. The number of ether oxygens (including phenoxy) is 1. The lowest BCUT2D eigenvalue weighted by atomic mass is 10.1. The molecule has 0 heterocycles. The molecule has 1 aliphatic carbocycles. The highest BCUT2D eigenvalue weighted by molar-refractivity contribution is 9.10. The lowest BCUT2D eigenvalue weighted by Crippen LogP contribution is -2.31. The van der Waals surface area contributed by atoms with Crippen LogP contribution in [0.15, 0.2) is 53.0 Å². The van der Waals surface area contributed by atoms with Crippen molar-refractivity contribution in [2.45, 2.75) is 25.4 Å². The second kappa shape index (κ2) is 7.83.